The first-order chi connectivity index (χ1) is 9.28. The van der Waals surface area contributed by atoms with Gasteiger partial charge in [0, 0.05) is 6.42 Å². The van der Waals surface area contributed by atoms with Crippen LogP contribution < -0.4 is 5.32 Å². The van der Waals surface area contributed by atoms with Crippen LogP contribution in [0.25, 0.3) is 0 Å². The fourth-order valence-corrected chi connectivity index (χ4v) is 2.57. The Morgan fingerprint density at radius 1 is 1.20 bits per heavy atom. The first-order valence-corrected chi connectivity index (χ1v) is 7.80. The molecule has 0 spiro atoms. The highest BCUT2D eigenvalue weighted by atomic mass is 16.6. The highest BCUT2D eigenvalue weighted by Crippen LogP contribution is 2.27. The Morgan fingerprint density at radius 3 is 2.35 bits per heavy atom. The topological polar surface area (TPSA) is 55.4 Å². The Balaban J connectivity index is 2.25. The van der Waals surface area contributed by atoms with Crippen molar-refractivity contribution >= 4 is 11.9 Å². The van der Waals surface area contributed by atoms with Gasteiger partial charge in [0.2, 0.25) is 5.91 Å². The zero-order valence-corrected chi connectivity index (χ0v) is 13.3. The SMILES string of the molecule is C[C@H](NC(=O)CCC1CCCCC1)C(=O)OC(C)(C)C. The molecule has 1 aliphatic carbocycles. The third-order valence-corrected chi connectivity index (χ3v) is 3.64. The summed E-state index contributed by atoms with van der Waals surface area (Å²) < 4.78 is 5.24. The van der Waals surface area contributed by atoms with Gasteiger partial charge in [0.25, 0.3) is 0 Å². The number of esters is 1. The van der Waals surface area contributed by atoms with Crippen molar-refractivity contribution in [2.75, 3.05) is 0 Å². The van der Waals surface area contributed by atoms with Gasteiger partial charge in [-0.25, -0.2) is 4.79 Å². The Kier molecular flexibility index (Phi) is 6.50. The number of hydrogen-bond donors (Lipinski definition) is 1. The van der Waals surface area contributed by atoms with E-state index in [1.807, 2.05) is 20.8 Å². The minimum atomic E-state index is -0.576. The Labute approximate surface area is 122 Å². The van der Waals surface area contributed by atoms with E-state index >= 15 is 0 Å². The summed E-state index contributed by atoms with van der Waals surface area (Å²) in [6, 6.07) is -0.576. The smallest absolute Gasteiger partial charge is 0.328 e. The van der Waals surface area contributed by atoms with Crippen LogP contribution in [-0.2, 0) is 14.3 Å². The molecular weight excluding hydrogens is 254 g/mol. The van der Waals surface area contributed by atoms with Crippen molar-refractivity contribution in [3.05, 3.63) is 0 Å². The Bertz CT molecular complexity index is 327. The Hall–Kier alpha value is -1.06. The number of carbonyl (C=O) groups excluding carboxylic acids is 2. The zero-order valence-electron chi connectivity index (χ0n) is 13.3. The van der Waals surface area contributed by atoms with Gasteiger partial charge in [-0.3, -0.25) is 4.79 Å². The van der Waals surface area contributed by atoms with Crippen molar-refractivity contribution in [3.8, 4) is 0 Å². The van der Waals surface area contributed by atoms with Gasteiger partial charge in [0.05, 0.1) is 0 Å². The standard InChI is InChI=1S/C16H29NO3/c1-12(15(19)20-16(2,3)4)17-14(18)11-10-13-8-6-5-7-9-13/h12-13H,5-11H2,1-4H3,(H,17,18)/t12-/m0/s1. The molecule has 4 nitrogen and oxygen atoms in total. The molecule has 1 atom stereocenters. The number of ether oxygens (including phenoxy) is 1. The molecule has 1 N–H and O–H groups in total. The van der Waals surface area contributed by atoms with Crippen LogP contribution in [0.15, 0.2) is 0 Å². The van der Waals surface area contributed by atoms with Gasteiger partial charge in [0.1, 0.15) is 11.6 Å². The summed E-state index contributed by atoms with van der Waals surface area (Å²) in [7, 11) is 0. The molecule has 1 fully saturated rings. The zero-order chi connectivity index (χ0) is 15.2. The second-order valence-corrected chi connectivity index (χ2v) is 6.87. The van der Waals surface area contributed by atoms with Crippen LogP contribution in [-0.4, -0.2) is 23.5 Å². The summed E-state index contributed by atoms with van der Waals surface area (Å²) in [6.45, 7) is 7.14. The average molecular weight is 283 g/mol. The second-order valence-electron chi connectivity index (χ2n) is 6.87. The van der Waals surface area contributed by atoms with Crippen molar-refractivity contribution < 1.29 is 14.3 Å². The first-order valence-electron chi connectivity index (χ1n) is 7.80. The van der Waals surface area contributed by atoms with Gasteiger partial charge in [0.15, 0.2) is 0 Å². The highest BCUT2D eigenvalue weighted by Gasteiger charge is 2.23. The van der Waals surface area contributed by atoms with Crippen LogP contribution in [0.3, 0.4) is 0 Å². The molecular formula is C16H29NO3. The van der Waals surface area contributed by atoms with Crippen molar-refractivity contribution in [1.29, 1.82) is 0 Å². The van der Waals surface area contributed by atoms with Crippen LogP contribution in [0.2, 0.25) is 0 Å². The van der Waals surface area contributed by atoms with E-state index in [4.69, 9.17) is 4.74 Å². The maximum absolute atomic E-state index is 11.8. The van der Waals surface area contributed by atoms with Crippen molar-refractivity contribution in [2.24, 2.45) is 5.92 Å². The summed E-state index contributed by atoms with van der Waals surface area (Å²) in [6.07, 6.45) is 7.86. The molecule has 0 aliphatic heterocycles. The predicted octanol–water partition coefficient (Wildman–Crippen LogP) is 3.19. The summed E-state index contributed by atoms with van der Waals surface area (Å²) in [4.78, 5) is 23.6. The average Bonchev–Trinajstić information content (AvgIpc) is 2.35. The van der Waals surface area contributed by atoms with E-state index in [9.17, 15) is 9.59 Å². The lowest BCUT2D eigenvalue weighted by Crippen LogP contribution is -2.42. The van der Waals surface area contributed by atoms with Crippen LogP contribution in [0.4, 0.5) is 0 Å². The molecule has 1 rings (SSSR count). The van der Waals surface area contributed by atoms with Crippen LogP contribution in [0.5, 0.6) is 0 Å². The largest absolute Gasteiger partial charge is 0.458 e. The lowest BCUT2D eigenvalue weighted by Gasteiger charge is -2.23. The van der Waals surface area contributed by atoms with Crippen LogP contribution in [0.1, 0.15) is 72.6 Å². The van der Waals surface area contributed by atoms with Gasteiger partial charge < -0.3 is 10.1 Å². The summed E-state index contributed by atoms with van der Waals surface area (Å²) >= 11 is 0. The van der Waals surface area contributed by atoms with E-state index in [0.29, 0.717) is 12.3 Å². The molecule has 0 saturated heterocycles. The molecule has 0 radical (unpaired) electrons. The third-order valence-electron chi connectivity index (χ3n) is 3.64. The predicted molar refractivity (Wildman–Crippen MR) is 79.3 cm³/mol. The maximum Gasteiger partial charge on any atom is 0.328 e. The lowest BCUT2D eigenvalue weighted by molar-refractivity contribution is -0.158. The van der Waals surface area contributed by atoms with E-state index in [0.717, 1.165) is 6.42 Å². The number of amides is 1. The van der Waals surface area contributed by atoms with Gasteiger partial charge in [-0.2, -0.15) is 0 Å². The molecule has 1 aliphatic rings. The van der Waals surface area contributed by atoms with Crippen LogP contribution >= 0.6 is 0 Å². The molecule has 20 heavy (non-hydrogen) atoms. The quantitative estimate of drug-likeness (QED) is 0.788. The minimum absolute atomic E-state index is 0.0473. The maximum atomic E-state index is 11.8. The fraction of sp³-hybridized carbons (Fsp3) is 0.875. The molecule has 0 aromatic heterocycles. The van der Waals surface area contributed by atoms with Gasteiger partial charge in [-0.1, -0.05) is 32.1 Å². The summed E-state index contributed by atoms with van der Waals surface area (Å²) in [5.41, 5.74) is -0.516. The second kappa shape index (κ2) is 7.65. The lowest BCUT2D eigenvalue weighted by atomic mass is 9.86. The van der Waals surface area contributed by atoms with Crippen molar-refractivity contribution in [3.63, 3.8) is 0 Å². The highest BCUT2D eigenvalue weighted by molar-refractivity contribution is 5.84. The molecule has 4 heteroatoms. The molecule has 0 unspecified atom stereocenters. The van der Waals surface area contributed by atoms with E-state index in [2.05, 4.69) is 5.32 Å². The van der Waals surface area contributed by atoms with Crippen molar-refractivity contribution in [1.82, 2.24) is 5.32 Å². The van der Waals surface area contributed by atoms with E-state index in [1.165, 1.54) is 32.1 Å². The summed E-state index contributed by atoms with van der Waals surface area (Å²) in [5.74, 6) is 0.267. The minimum Gasteiger partial charge on any atom is -0.458 e. The number of carbonyl (C=O) groups is 2. The van der Waals surface area contributed by atoms with Gasteiger partial charge >= 0.3 is 5.97 Å². The summed E-state index contributed by atoms with van der Waals surface area (Å²) in [5, 5.41) is 2.73. The molecule has 1 saturated carbocycles. The normalized spacial score (nSPS) is 18.4. The fourth-order valence-electron chi connectivity index (χ4n) is 2.57. The molecule has 0 aromatic carbocycles. The molecule has 116 valence electrons. The van der Waals surface area contributed by atoms with Gasteiger partial charge in [-0.15, -0.1) is 0 Å². The number of hydrogen-bond acceptors (Lipinski definition) is 3. The third kappa shape index (κ3) is 6.92. The van der Waals surface area contributed by atoms with E-state index in [-0.39, 0.29) is 11.9 Å². The molecule has 0 aromatic rings. The number of rotatable bonds is 5. The number of nitrogens with one attached hydrogen (secondary N) is 1. The van der Waals surface area contributed by atoms with Crippen LogP contribution in [0, 0.1) is 5.92 Å². The Morgan fingerprint density at radius 2 is 1.80 bits per heavy atom. The monoisotopic (exact) mass is 283 g/mol. The first kappa shape index (κ1) is 17.0. The molecule has 0 heterocycles. The molecule has 1 amide bonds. The van der Waals surface area contributed by atoms with E-state index < -0.39 is 11.6 Å². The van der Waals surface area contributed by atoms with Crippen molar-refractivity contribution in [2.45, 2.75) is 84.3 Å². The molecule has 0 bridgehead atoms. The van der Waals surface area contributed by atoms with E-state index in [1.54, 1.807) is 6.92 Å². The van der Waals surface area contributed by atoms with Gasteiger partial charge in [-0.05, 0) is 40.0 Å².